The van der Waals surface area contributed by atoms with E-state index in [4.69, 9.17) is 0 Å². The van der Waals surface area contributed by atoms with Gasteiger partial charge in [-0.25, -0.2) is 4.39 Å². The molecule has 2 unspecified atom stereocenters. The number of benzene rings is 1. The molecule has 0 bridgehead atoms. The smallest absolute Gasteiger partial charge is 0.257 e. The minimum absolute atomic E-state index is 0.0369. The normalized spacial score (nSPS) is 25.6. The summed E-state index contributed by atoms with van der Waals surface area (Å²) in [5, 5.41) is 9.23. The second-order valence-electron chi connectivity index (χ2n) is 5.84. The predicted octanol–water partition coefficient (Wildman–Crippen LogP) is 2.51. The molecule has 1 aromatic rings. The predicted molar refractivity (Wildman–Crippen MR) is 74.5 cm³/mol. The highest BCUT2D eigenvalue weighted by molar-refractivity contribution is 5.95. The molecule has 1 aliphatic carbocycles. The average molecular weight is 291 g/mol. The number of carbonyl (C=O) groups excluding carboxylic acids is 2. The second-order valence-corrected chi connectivity index (χ2v) is 5.84. The van der Waals surface area contributed by atoms with E-state index in [-0.39, 0.29) is 35.0 Å². The van der Waals surface area contributed by atoms with Crippen LogP contribution < -0.4 is 0 Å². The maximum Gasteiger partial charge on any atom is 0.257 e. The summed E-state index contributed by atoms with van der Waals surface area (Å²) in [6.07, 6.45) is 3.96. The van der Waals surface area contributed by atoms with Crippen LogP contribution in [0.1, 0.15) is 42.5 Å². The Morgan fingerprint density at radius 2 is 2.10 bits per heavy atom. The summed E-state index contributed by atoms with van der Waals surface area (Å²) in [5.41, 5.74) is -0.0369. The Bertz CT molecular complexity index is 587. The molecule has 1 aromatic carbocycles. The average Bonchev–Trinajstić information content (AvgIpc) is 3.06. The molecule has 2 fully saturated rings. The van der Waals surface area contributed by atoms with Crippen LogP contribution in [-0.2, 0) is 4.79 Å². The van der Waals surface area contributed by atoms with E-state index in [1.807, 2.05) is 0 Å². The second kappa shape index (κ2) is 5.47. The molecule has 1 aliphatic heterocycles. The standard InChI is InChI=1S/C16H18FNO3/c17-13-9-10(19)6-7-11(13)16(21)18-8-2-4-14(18)12-3-1-5-15(12)20/h6-7,9,12,14,19H,1-5,8H2. The number of aromatic hydroxyl groups is 1. The van der Waals surface area contributed by atoms with Crippen LogP contribution in [-0.4, -0.2) is 34.3 Å². The van der Waals surface area contributed by atoms with Gasteiger partial charge in [0.15, 0.2) is 0 Å². The van der Waals surface area contributed by atoms with Crippen LogP contribution in [0.15, 0.2) is 18.2 Å². The Morgan fingerprint density at radius 3 is 2.76 bits per heavy atom. The minimum Gasteiger partial charge on any atom is -0.508 e. The third kappa shape index (κ3) is 2.52. The Balaban J connectivity index is 1.84. The molecule has 4 nitrogen and oxygen atoms in total. The first-order valence-corrected chi connectivity index (χ1v) is 7.40. The molecule has 2 aliphatic rings. The van der Waals surface area contributed by atoms with Gasteiger partial charge in [-0.2, -0.15) is 0 Å². The highest BCUT2D eigenvalue weighted by Crippen LogP contribution is 2.34. The number of phenols is 1. The van der Waals surface area contributed by atoms with Gasteiger partial charge in [0.25, 0.3) is 5.91 Å². The molecule has 0 spiro atoms. The van der Waals surface area contributed by atoms with Crippen molar-refractivity contribution in [2.75, 3.05) is 6.54 Å². The van der Waals surface area contributed by atoms with Crippen molar-refractivity contribution in [3.63, 3.8) is 0 Å². The summed E-state index contributed by atoms with van der Waals surface area (Å²) in [4.78, 5) is 26.1. The summed E-state index contributed by atoms with van der Waals surface area (Å²) in [6.45, 7) is 0.563. The zero-order valence-electron chi connectivity index (χ0n) is 11.7. The number of phenolic OH excluding ortho intramolecular Hbond substituents is 1. The summed E-state index contributed by atoms with van der Waals surface area (Å²) in [5.74, 6) is -1.16. The van der Waals surface area contributed by atoms with Gasteiger partial charge in [-0.05, 0) is 37.8 Å². The SMILES string of the molecule is O=C1CCCC1C1CCCN1C(=O)c1ccc(O)cc1F. The number of Topliss-reactive ketones (excluding diaryl/α,β-unsaturated/α-hetero) is 1. The summed E-state index contributed by atoms with van der Waals surface area (Å²) < 4.78 is 13.9. The van der Waals surface area contributed by atoms with Crippen LogP contribution >= 0.6 is 0 Å². The number of rotatable bonds is 2. The van der Waals surface area contributed by atoms with Crippen molar-refractivity contribution in [2.45, 2.75) is 38.1 Å². The molecule has 1 N–H and O–H groups in total. The Hall–Kier alpha value is -1.91. The number of ketones is 1. The van der Waals surface area contributed by atoms with Crippen LogP contribution in [0.5, 0.6) is 5.75 Å². The van der Waals surface area contributed by atoms with Crippen LogP contribution in [0.3, 0.4) is 0 Å². The molecule has 1 saturated carbocycles. The molecule has 3 rings (SSSR count). The van der Waals surface area contributed by atoms with Crippen LogP contribution in [0.25, 0.3) is 0 Å². The topological polar surface area (TPSA) is 57.6 Å². The van der Waals surface area contributed by atoms with Gasteiger partial charge in [0.05, 0.1) is 5.56 Å². The van der Waals surface area contributed by atoms with Crippen molar-refractivity contribution in [3.05, 3.63) is 29.6 Å². The van der Waals surface area contributed by atoms with E-state index in [2.05, 4.69) is 0 Å². The fourth-order valence-corrected chi connectivity index (χ4v) is 3.54. The summed E-state index contributed by atoms with van der Waals surface area (Å²) >= 11 is 0. The van der Waals surface area contributed by atoms with E-state index < -0.39 is 5.82 Å². The number of amides is 1. The van der Waals surface area contributed by atoms with Crippen molar-refractivity contribution < 1.29 is 19.1 Å². The lowest BCUT2D eigenvalue weighted by Crippen LogP contribution is -2.41. The van der Waals surface area contributed by atoms with E-state index in [9.17, 15) is 19.1 Å². The first-order chi connectivity index (χ1) is 10.1. The van der Waals surface area contributed by atoms with Crippen LogP contribution in [0, 0.1) is 11.7 Å². The molecular weight excluding hydrogens is 273 g/mol. The van der Waals surface area contributed by atoms with E-state index in [0.717, 1.165) is 31.7 Å². The maximum atomic E-state index is 13.9. The number of hydrogen-bond donors (Lipinski definition) is 1. The van der Waals surface area contributed by atoms with Crippen molar-refractivity contribution >= 4 is 11.7 Å². The maximum absolute atomic E-state index is 13.9. The van der Waals surface area contributed by atoms with Gasteiger partial charge in [-0.15, -0.1) is 0 Å². The Labute approximate surface area is 122 Å². The largest absolute Gasteiger partial charge is 0.508 e. The van der Waals surface area contributed by atoms with Crippen molar-refractivity contribution in [1.82, 2.24) is 4.90 Å². The first kappa shape index (κ1) is 14.0. The lowest BCUT2D eigenvalue weighted by Gasteiger charge is -2.28. The van der Waals surface area contributed by atoms with Crippen LogP contribution in [0.2, 0.25) is 0 Å². The van der Waals surface area contributed by atoms with Gasteiger partial charge in [-0.3, -0.25) is 9.59 Å². The fraction of sp³-hybridized carbons (Fsp3) is 0.500. The van der Waals surface area contributed by atoms with E-state index in [0.29, 0.717) is 13.0 Å². The summed E-state index contributed by atoms with van der Waals surface area (Å²) in [6, 6.07) is 3.46. The third-order valence-electron chi connectivity index (χ3n) is 4.56. The number of hydrogen-bond acceptors (Lipinski definition) is 3. The van der Waals surface area contributed by atoms with Gasteiger partial charge in [0.1, 0.15) is 17.3 Å². The van der Waals surface area contributed by atoms with Crippen molar-refractivity contribution in [1.29, 1.82) is 0 Å². The molecule has 0 aromatic heterocycles. The zero-order chi connectivity index (χ0) is 15.0. The molecule has 1 amide bonds. The zero-order valence-corrected chi connectivity index (χ0v) is 11.7. The van der Waals surface area contributed by atoms with E-state index in [1.54, 1.807) is 4.90 Å². The highest BCUT2D eigenvalue weighted by atomic mass is 19.1. The Kier molecular flexibility index (Phi) is 3.66. The molecule has 5 heteroatoms. The van der Waals surface area contributed by atoms with E-state index >= 15 is 0 Å². The number of nitrogens with zero attached hydrogens (tertiary/aromatic N) is 1. The molecule has 2 atom stereocenters. The summed E-state index contributed by atoms with van der Waals surface area (Å²) in [7, 11) is 0. The van der Waals surface area contributed by atoms with Gasteiger partial charge in [0, 0.05) is 31.0 Å². The van der Waals surface area contributed by atoms with E-state index in [1.165, 1.54) is 12.1 Å². The monoisotopic (exact) mass is 291 g/mol. The van der Waals surface area contributed by atoms with Gasteiger partial charge < -0.3 is 10.0 Å². The minimum atomic E-state index is -0.719. The van der Waals surface area contributed by atoms with Gasteiger partial charge >= 0.3 is 0 Å². The third-order valence-corrected chi connectivity index (χ3v) is 4.56. The van der Waals surface area contributed by atoms with Crippen LogP contribution in [0.4, 0.5) is 4.39 Å². The molecular formula is C16H18FNO3. The molecule has 112 valence electrons. The van der Waals surface area contributed by atoms with Crippen molar-refractivity contribution in [3.8, 4) is 5.75 Å². The number of halogens is 1. The molecule has 21 heavy (non-hydrogen) atoms. The fourth-order valence-electron chi connectivity index (χ4n) is 3.54. The lowest BCUT2D eigenvalue weighted by molar-refractivity contribution is -0.121. The molecule has 1 saturated heterocycles. The lowest BCUT2D eigenvalue weighted by atomic mass is 9.94. The van der Waals surface area contributed by atoms with Gasteiger partial charge in [0.2, 0.25) is 0 Å². The quantitative estimate of drug-likeness (QED) is 0.911. The number of likely N-dealkylation sites (tertiary alicyclic amines) is 1. The first-order valence-electron chi connectivity index (χ1n) is 7.40. The molecule has 1 heterocycles. The number of carbonyl (C=O) groups is 2. The van der Waals surface area contributed by atoms with Gasteiger partial charge in [-0.1, -0.05) is 0 Å². The molecule has 0 radical (unpaired) electrons. The highest BCUT2D eigenvalue weighted by Gasteiger charge is 2.40. The van der Waals surface area contributed by atoms with Crippen molar-refractivity contribution in [2.24, 2.45) is 5.92 Å². The Morgan fingerprint density at radius 1 is 1.29 bits per heavy atom.